The molecule has 1 saturated heterocycles. The van der Waals surface area contributed by atoms with Gasteiger partial charge in [-0.3, -0.25) is 9.59 Å². The number of hydrogen-bond acceptors (Lipinski definition) is 3. The van der Waals surface area contributed by atoms with Crippen LogP contribution in [0, 0.1) is 0 Å². The summed E-state index contributed by atoms with van der Waals surface area (Å²) in [5.41, 5.74) is 4.96. The van der Waals surface area contributed by atoms with E-state index in [9.17, 15) is 9.59 Å². The molecule has 1 unspecified atom stereocenters. The Labute approximate surface area is 196 Å². The Morgan fingerprint density at radius 2 is 1.55 bits per heavy atom. The summed E-state index contributed by atoms with van der Waals surface area (Å²) in [6.45, 7) is 8.03. The van der Waals surface area contributed by atoms with Gasteiger partial charge in [-0.1, -0.05) is 56.3 Å². The zero-order valence-corrected chi connectivity index (χ0v) is 19.5. The van der Waals surface area contributed by atoms with E-state index in [1.165, 1.54) is 18.2 Å². The molecule has 1 atom stereocenters. The molecule has 3 aromatic rings. The van der Waals surface area contributed by atoms with Crippen LogP contribution in [0.25, 0.3) is 0 Å². The van der Waals surface area contributed by atoms with Gasteiger partial charge in [-0.15, -0.1) is 0 Å². The van der Waals surface area contributed by atoms with Gasteiger partial charge in [0.15, 0.2) is 0 Å². The molecule has 0 bridgehead atoms. The lowest BCUT2D eigenvalue weighted by atomic mass is 9.99. The van der Waals surface area contributed by atoms with Crippen LogP contribution in [-0.2, 0) is 4.79 Å². The van der Waals surface area contributed by atoms with E-state index in [1.807, 2.05) is 23.1 Å². The first-order chi connectivity index (χ1) is 15.9. The van der Waals surface area contributed by atoms with E-state index in [2.05, 4.69) is 60.5 Å². The Hall–Kier alpha value is -3.60. The van der Waals surface area contributed by atoms with Gasteiger partial charge in [0.1, 0.15) is 0 Å². The summed E-state index contributed by atoms with van der Waals surface area (Å²) in [5, 5.41) is 2.75. The van der Waals surface area contributed by atoms with E-state index in [0.29, 0.717) is 23.7 Å². The summed E-state index contributed by atoms with van der Waals surface area (Å²) in [6, 6.07) is 26.1. The van der Waals surface area contributed by atoms with Crippen molar-refractivity contribution < 1.29 is 9.59 Å². The maximum Gasteiger partial charge on any atom is 0.254 e. The second-order valence-corrected chi connectivity index (χ2v) is 8.88. The molecule has 33 heavy (non-hydrogen) atoms. The Morgan fingerprint density at radius 1 is 0.879 bits per heavy atom. The molecule has 1 fully saturated rings. The highest BCUT2D eigenvalue weighted by atomic mass is 16.2. The van der Waals surface area contributed by atoms with Crippen LogP contribution < -0.4 is 10.2 Å². The summed E-state index contributed by atoms with van der Waals surface area (Å²) < 4.78 is 0. The van der Waals surface area contributed by atoms with Gasteiger partial charge in [-0.25, -0.2) is 0 Å². The second-order valence-electron chi connectivity index (χ2n) is 8.88. The first kappa shape index (κ1) is 22.6. The van der Waals surface area contributed by atoms with Gasteiger partial charge in [0.2, 0.25) is 5.91 Å². The predicted molar refractivity (Wildman–Crippen MR) is 134 cm³/mol. The van der Waals surface area contributed by atoms with E-state index >= 15 is 0 Å². The van der Waals surface area contributed by atoms with Crippen molar-refractivity contribution in [1.82, 2.24) is 4.90 Å². The van der Waals surface area contributed by atoms with Gasteiger partial charge >= 0.3 is 0 Å². The SMILES string of the molecule is CC(=O)Nc1ccc(C(=O)N2CCN(c3ccc(C(C)C)cc3)CC2c2ccccc2)cc1. The van der Waals surface area contributed by atoms with Crippen molar-refractivity contribution in [3.8, 4) is 0 Å². The lowest BCUT2D eigenvalue weighted by Gasteiger charge is -2.43. The van der Waals surface area contributed by atoms with Crippen LogP contribution in [0.15, 0.2) is 78.9 Å². The van der Waals surface area contributed by atoms with Crippen molar-refractivity contribution in [2.24, 2.45) is 0 Å². The zero-order chi connectivity index (χ0) is 23.4. The van der Waals surface area contributed by atoms with Crippen molar-refractivity contribution in [3.05, 3.63) is 95.6 Å². The molecule has 0 spiro atoms. The lowest BCUT2D eigenvalue weighted by molar-refractivity contribution is -0.114. The third kappa shape index (κ3) is 5.25. The lowest BCUT2D eigenvalue weighted by Crippen LogP contribution is -2.50. The molecule has 5 nitrogen and oxygen atoms in total. The Bertz CT molecular complexity index is 1090. The average Bonchev–Trinajstić information content (AvgIpc) is 2.84. The van der Waals surface area contributed by atoms with Crippen molar-refractivity contribution in [2.75, 3.05) is 29.9 Å². The highest BCUT2D eigenvalue weighted by Gasteiger charge is 2.32. The monoisotopic (exact) mass is 441 g/mol. The van der Waals surface area contributed by atoms with E-state index < -0.39 is 0 Å². The average molecular weight is 442 g/mol. The van der Waals surface area contributed by atoms with Crippen LogP contribution in [-0.4, -0.2) is 36.3 Å². The molecule has 1 aliphatic rings. The number of amides is 2. The number of benzene rings is 3. The zero-order valence-electron chi connectivity index (χ0n) is 19.5. The second kappa shape index (κ2) is 9.90. The summed E-state index contributed by atoms with van der Waals surface area (Å²) in [7, 11) is 0. The Morgan fingerprint density at radius 3 is 2.15 bits per heavy atom. The minimum Gasteiger partial charge on any atom is -0.367 e. The van der Waals surface area contributed by atoms with E-state index in [4.69, 9.17) is 0 Å². The standard InChI is InChI=1S/C28H31N3O2/c1-20(2)22-11-15-26(16-12-22)30-17-18-31(27(19-30)23-7-5-4-6-8-23)28(33)24-9-13-25(14-10-24)29-21(3)32/h4-16,20,27H,17-19H2,1-3H3,(H,29,32). The summed E-state index contributed by atoms with van der Waals surface area (Å²) in [4.78, 5) is 29.1. The van der Waals surface area contributed by atoms with Crippen LogP contribution in [0.2, 0.25) is 0 Å². The number of carbonyl (C=O) groups excluding carboxylic acids is 2. The minimum atomic E-state index is -0.129. The topological polar surface area (TPSA) is 52.7 Å². The van der Waals surface area contributed by atoms with Gasteiger partial charge in [0, 0.05) is 43.5 Å². The summed E-state index contributed by atoms with van der Waals surface area (Å²) >= 11 is 0. The normalized spacial score (nSPS) is 16.1. The number of anilines is 2. The third-order valence-electron chi connectivity index (χ3n) is 6.20. The third-order valence-corrected chi connectivity index (χ3v) is 6.20. The van der Waals surface area contributed by atoms with E-state index in [1.54, 1.807) is 24.3 Å². The van der Waals surface area contributed by atoms with Crippen molar-refractivity contribution >= 4 is 23.2 Å². The molecule has 170 valence electrons. The minimum absolute atomic E-state index is 0.00744. The first-order valence-corrected chi connectivity index (χ1v) is 11.5. The fourth-order valence-corrected chi connectivity index (χ4v) is 4.36. The molecular formula is C28H31N3O2. The van der Waals surface area contributed by atoms with Gasteiger partial charge in [-0.05, 0) is 53.4 Å². The quantitative estimate of drug-likeness (QED) is 0.571. The van der Waals surface area contributed by atoms with Crippen LogP contribution in [0.1, 0.15) is 54.2 Å². The van der Waals surface area contributed by atoms with E-state index in [0.717, 1.165) is 18.7 Å². The van der Waals surface area contributed by atoms with Crippen LogP contribution in [0.4, 0.5) is 11.4 Å². The number of nitrogens with zero attached hydrogens (tertiary/aromatic N) is 2. The van der Waals surface area contributed by atoms with Crippen molar-refractivity contribution in [2.45, 2.75) is 32.7 Å². The number of nitrogens with one attached hydrogen (secondary N) is 1. The Balaban J connectivity index is 1.57. The molecule has 1 heterocycles. The number of hydrogen-bond donors (Lipinski definition) is 1. The summed E-state index contributed by atoms with van der Waals surface area (Å²) in [6.07, 6.45) is 0. The summed E-state index contributed by atoms with van der Waals surface area (Å²) in [5.74, 6) is 0.381. The van der Waals surface area contributed by atoms with Crippen molar-refractivity contribution in [1.29, 1.82) is 0 Å². The molecule has 0 aliphatic carbocycles. The fraction of sp³-hybridized carbons (Fsp3) is 0.286. The first-order valence-electron chi connectivity index (χ1n) is 11.5. The largest absolute Gasteiger partial charge is 0.367 e. The van der Waals surface area contributed by atoms with Gasteiger partial charge in [0.25, 0.3) is 5.91 Å². The highest BCUT2D eigenvalue weighted by molar-refractivity contribution is 5.96. The fourth-order valence-electron chi connectivity index (χ4n) is 4.36. The molecular weight excluding hydrogens is 410 g/mol. The Kier molecular flexibility index (Phi) is 6.78. The maximum atomic E-state index is 13.5. The molecule has 0 aromatic heterocycles. The molecule has 1 N–H and O–H groups in total. The number of carbonyl (C=O) groups is 2. The smallest absolute Gasteiger partial charge is 0.254 e. The van der Waals surface area contributed by atoms with Gasteiger partial charge in [-0.2, -0.15) is 0 Å². The molecule has 1 aliphatic heterocycles. The van der Waals surface area contributed by atoms with Crippen LogP contribution in [0.5, 0.6) is 0 Å². The van der Waals surface area contributed by atoms with Crippen LogP contribution in [0.3, 0.4) is 0 Å². The molecule has 0 radical (unpaired) electrons. The number of piperazine rings is 1. The number of rotatable bonds is 5. The molecule has 4 rings (SSSR count). The predicted octanol–water partition coefficient (Wildman–Crippen LogP) is 5.47. The maximum absolute atomic E-state index is 13.5. The van der Waals surface area contributed by atoms with Gasteiger partial charge < -0.3 is 15.1 Å². The van der Waals surface area contributed by atoms with Gasteiger partial charge in [0.05, 0.1) is 6.04 Å². The molecule has 0 saturated carbocycles. The molecule has 2 amide bonds. The molecule has 5 heteroatoms. The van der Waals surface area contributed by atoms with Crippen molar-refractivity contribution in [3.63, 3.8) is 0 Å². The highest BCUT2D eigenvalue weighted by Crippen LogP contribution is 2.31. The van der Waals surface area contributed by atoms with Crippen LogP contribution >= 0.6 is 0 Å². The molecule has 3 aromatic carbocycles. The van der Waals surface area contributed by atoms with E-state index in [-0.39, 0.29) is 17.9 Å².